The van der Waals surface area contributed by atoms with Gasteiger partial charge in [0, 0.05) is 23.9 Å². The highest BCUT2D eigenvalue weighted by Crippen LogP contribution is 2.35. The van der Waals surface area contributed by atoms with Crippen LogP contribution >= 0.6 is 0 Å². The van der Waals surface area contributed by atoms with E-state index < -0.39 is 11.6 Å². The SMILES string of the molecule is CCOC(=O)c1cnc(C(C)(C)OCC)cc1-c1ccccc1OC. The predicted molar refractivity (Wildman–Crippen MR) is 96.8 cm³/mol. The molecule has 0 bridgehead atoms. The van der Waals surface area contributed by atoms with Gasteiger partial charge in [0.2, 0.25) is 0 Å². The molecule has 0 aliphatic rings. The summed E-state index contributed by atoms with van der Waals surface area (Å²) in [6, 6.07) is 9.44. The Kier molecular flexibility index (Phi) is 6.15. The number of hydrogen-bond donors (Lipinski definition) is 0. The molecule has 0 saturated carbocycles. The second kappa shape index (κ2) is 8.12. The number of pyridine rings is 1. The van der Waals surface area contributed by atoms with Crippen LogP contribution < -0.4 is 4.74 Å². The summed E-state index contributed by atoms with van der Waals surface area (Å²) in [5, 5.41) is 0. The number of para-hydroxylation sites is 1. The van der Waals surface area contributed by atoms with Gasteiger partial charge in [-0.05, 0) is 39.8 Å². The van der Waals surface area contributed by atoms with Gasteiger partial charge < -0.3 is 14.2 Å². The van der Waals surface area contributed by atoms with Gasteiger partial charge in [-0.1, -0.05) is 18.2 Å². The van der Waals surface area contributed by atoms with Crippen LogP contribution in [0.15, 0.2) is 36.5 Å². The fourth-order valence-corrected chi connectivity index (χ4v) is 2.68. The second-order valence-corrected chi connectivity index (χ2v) is 5.98. The third-order valence-electron chi connectivity index (χ3n) is 3.92. The van der Waals surface area contributed by atoms with Crippen LogP contribution in [0, 0.1) is 0 Å². The van der Waals surface area contributed by atoms with Crippen LogP contribution in [0.4, 0.5) is 0 Å². The molecule has 2 aromatic rings. The fourth-order valence-electron chi connectivity index (χ4n) is 2.68. The Morgan fingerprint density at radius 3 is 2.48 bits per heavy atom. The van der Waals surface area contributed by atoms with E-state index in [0.29, 0.717) is 30.1 Å². The maximum atomic E-state index is 12.4. The van der Waals surface area contributed by atoms with E-state index in [1.54, 1.807) is 20.2 Å². The third kappa shape index (κ3) is 4.17. The van der Waals surface area contributed by atoms with Crippen LogP contribution in [-0.4, -0.2) is 31.3 Å². The van der Waals surface area contributed by atoms with E-state index in [2.05, 4.69) is 4.98 Å². The molecule has 134 valence electrons. The zero-order chi connectivity index (χ0) is 18.4. The topological polar surface area (TPSA) is 57.7 Å². The number of rotatable bonds is 7. The molecule has 0 aliphatic carbocycles. The molecule has 0 spiro atoms. The lowest BCUT2D eigenvalue weighted by atomic mass is 9.95. The summed E-state index contributed by atoms with van der Waals surface area (Å²) in [6.07, 6.45) is 1.55. The number of aromatic nitrogens is 1. The maximum Gasteiger partial charge on any atom is 0.340 e. The number of hydrogen-bond acceptors (Lipinski definition) is 5. The Hall–Kier alpha value is -2.40. The second-order valence-electron chi connectivity index (χ2n) is 5.98. The number of carbonyl (C=O) groups is 1. The van der Waals surface area contributed by atoms with Crippen molar-refractivity contribution in [2.75, 3.05) is 20.3 Å². The van der Waals surface area contributed by atoms with Crippen LogP contribution in [0.5, 0.6) is 5.75 Å². The molecule has 2 rings (SSSR count). The van der Waals surface area contributed by atoms with Gasteiger partial charge in [-0.3, -0.25) is 4.98 Å². The molecule has 1 heterocycles. The van der Waals surface area contributed by atoms with Crippen LogP contribution in [0.25, 0.3) is 11.1 Å². The van der Waals surface area contributed by atoms with Gasteiger partial charge in [0.15, 0.2) is 0 Å². The Balaban J connectivity index is 2.65. The molecule has 1 aromatic heterocycles. The summed E-state index contributed by atoms with van der Waals surface area (Å²) in [4.78, 5) is 16.8. The van der Waals surface area contributed by atoms with Gasteiger partial charge in [0.25, 0.3) is 0 Å². The first-order valence-corrected chi connectivity index (χ1v) is 8.39. The first-order valence-electron chi connectivity index (χ1n) is 8.39. The molecule has 5 heteroatoms. The molecular formula is C20H25NO4. The first-order chi connectivity index (χ1) is 11.9. The zero-order valence-electron chi connectivity index (χ0n) is 15.5. The maximum absolute atomic E-state index is 12.4. The molecule has 25 heavy (non-hydrogen) atoms. The summed E-state index contributed by atoms with van der Waals surface area (Å²) >= 11 is 0. The van der Waals surface area contributed by atoms with Crippen molar-refractivity contribution in [3.8, 4) is 16.9 Å². The van der Waals surface area contributed by atoms with Gasteiger partial charge >= 0.3 is 5.97 Å². The molecule has 0 amide bonds. The standard InChI is InChI=1S/C20H25NO4/c1-6-24-19(22)16-13-21-18(20(3,4)25-7-2)12-15(16)14-10-8-9-11-17(14)23-5/h8-13H,6-7H2,1-5H3. The highest BCUT2D eigenvalue weighted by molar-refractivity contribution is 5.98. The summed E-state index contributed by atoms with van der Waals surface area (Å²) in [6.45, 7) is 8.50. The zero-order valence-corrected chi connectivity index (χ0v) is 15.5. The normalized spacial score (nSPS) is 11.2. The number of benzene rings is 1. The summed E-state index contributed by atoms with van der Waals surface area (Å²) in [5.74, 6) is 0.274. The number of methoxy groups -OCH3 is 1. The number of esters is 1. The molecular weight excluding hydrogens is 318 g/mol. The van der Waals surface area contributed by atoms with E-state index in [-0.39, 0.29) is 0 Å². The lowest BCUT2D eigenvalue weighted by Gasteiger charge is -2.25. The third-order valence-corrected chi connectivity index (χ3v) is 3.92. The van der Waals surface area contributed by atoms with E-state index in [1.165, 1.54) is 0 Å². The van der Waals surface area contributed by atoms with Crippen molar-refractivity contribution in [3.05, 3.63) is 47.8 Å². The summed E-state index contributed by atoms with van der Waals surface area (Å²) < 4.78 is 16.4. The average Bonchev–Trinajstić information content (AvgIpc) is 2.61. The van der Waals surface area contributed by atoms with Crippen molar-refractivity contribution in [2.45, 2.75) is 33.3 Å². The van der Waals surface area contributed by atoms with E-state index >= 15 is 0 Å². The van der Waals surface area contributed by atoms with E-state index in [9.17, 15) is 4.79 Å². The van der Waals surface area contributed by atoms with Crippen molar-refractivity contribution in [2.24, 2.45) is 0 Å². The highest BCUT2D eigenvalue weighted by atomic mass is 16.5. The van der Waals surface area contributed by atoms with Crippen molar-refractivity contribution in [1.82, 2.24) is 4.98 Å². The first kappa shape index (κ1) is 18.9. The molecule has 1 aromatic carbocycles. The minimum Gasteiger partial charge on any atom is -0.496 e. The van der Waals surface area contributed by atoms with Gasteiger partial charge in [0.1, 0.15) is 11.4 Å². The Morgan fingerprint density at radius 1 is 1.12 bits per heavy atom. The minimum absolute atomic E-state index is 0.302. The largest absolute Gasteiger partial charge is 0.496 e. The Labute approximate surface area is 148 Å². The van der Waals surface area contributed by atoms with Crippen LogP contribution in [0.3, 0.4) is 0 Å². The Bertz CT molecular complexity index is 740. The molecule has 5 nitrogen and oxygen atoms in total. The molecule has 0 aliphatic heterocycles. The smallest absolute Gasteiger partial charge is 0.340 e. The van der Waals surface area contributed by atoms with Crippen LogP contribution in [0.1, 0.15) is 43.7 Å². The minimum atomic E-state index is -0.571. The van der Waals surface area contributed by atoms with Crippen LogP contribution in [0.2, 0.25) is 0 Å². The summed E-state index contributed by atoms with van der Waals surface area (Å²) in [5.41, 5.74) is 2.10. The lowest BCUT2D eigenvalue weighted by molar-refractivity contribution is -0.0173. The molecule has 0 fully saturated rings. The molecule has 0 unspecified atom stereocenters. The molecule has 0 radical (unpaired) electrons. The molecule has 0 atom stereocenters. The number of ether oxygens (including phenoxy) is 3. The van der Waals surface area contributed by atoms with Gasteiger partial charge in [-0.2, -0.15) is 0 Å². The molecule has 0 saturated heterocycles. The number of nitrogens with zero attached hydrogens (tertiary/aromatic N) is 1. The predicted octanol–water partition coefficient (Wildman–Crippen LogP) is 4.21. The van der Waals surface area contributed by atoms with Crippen molar-refractivity contribution in [1.29, 1.82) is 0 Å². The van der Waals surface area contributed by atoms with Gasteiger partial charge in [0.05, 0.1) is 25.0 Å². The molecule has 0 N–H and O–H groups in total. The van der Waals surface area contributed by atoms with Crippen molar-refractivity contribution < 1.29 is 19.0 Å². The van der Waals surface area contributed by atoms with Crippen molar-refractivity contribution in [3.63, 3.8) is 0 Å². The Morgan fingerprint density at radius 2 is 1.84 bits per heavy atom. The van der Waals surface area contributed by atoms with E-state index in [0.717, 1.165) is 11.3 Å². The fraction of sp³-hybridized carbons (Fsp3) is 0.400. The highest BCUT2D eigenvalue weighted by Gasteiger charge is 2.26. The average molecular weight is 343 g/mol. The van der Waals surface area contributed by atoms with Gasteiger partial charge in [-0.15, -0.1) is 0 Å². The van der Waals surface area contributed by atoms with Gasteiger partial charge in [-0.25, -0.2) is 4.79 Å². The van der Waals surface area contributed by atoms with E-state index in [4.69, 9.17) is 14.2 Å². The summed E-state index contributed by atoms with van der Waals surface area (Å²) in [7, 11) is 1.61. The number of carbonyl (C=O) groups excluding carboxylic acids is 1. The van der Waals surface area contributed by atoms with Crippen molar-refractivity contribution >= 4 is 5.97 Å². The van der Waals surface area contributed by atoms with E-state index in [1.807, 2.05) is 51.1 Å². The monoisotopic (exact) mass is 343 g/mol. The lowest BCUT2D eigenvalue weighted by Crippen LogP contribution is -2.23. The quantitative estimate of drug-likeness (QED) is 0.705. The van der Waals surface area contributed by atoms with Crippen LogP contribution in [-0.2, 0) is 15.1 Å².